The molecule has 0 aromatic heterocycles. The van der Waals surface area contributed by atoms with Gasteiger partial charge in [0.2, 0.25) is 0 Å². The van der Waals surface area contributed by atoms with Crippen molar-refractivity contribution >= 4 is 55.6 Å². The second-order valence-electron chi connectivity index (χ2n) is 4.94. The van der Waals surface area contributed by atoms with Gasteiger partial charge in [-0.3, -0.25) is 9.59 Å². The lowest BCUT2D eigenvalue weighted by Gasteiger charge is -2.06. The number of nitrogens with one attached hydrogen (secondary N) is 2. The number of carbonyl (C=O) groups excluding carboxylic acids is 2. The number of anilines is 1. The minimum absolute atomic E-state index is 0.0370. The van der Waals surface area contributed by atoms with Crippen LogP contribution in [-0.2, 0) is 9.59 Å². The summed E-state index contributed by atoms with van der Waals surface area (Å²) < 4.78 is 6.47. The Hall–Kier alpha value is -2.39. The number of ether oxygens (including phenoxy) is 1. The van der Waals surface area contributed by atoms with Crippen molar-refractivity contribution in [2.45, 2.75) is 6.92 Å². The van der Waals surface area contributed by atoms with Gasteiger partial charge in [-0.2, -0.15) is 5.10 Å². The van der Waals surface area contributed by atoms with Gasteiger partial charge >= 0.3 is 11.8 Å². The predicted octanol–water partition coefficient (Wildman–Crippen LogP) is 3.40. The van der Waals surface area contributed by atoms with E-state index in [2.05, 4.69) is 47.7 Å². The van der Waals surface area contributed by atoms with Gasteiger partial charge in [0.25, 0.3) is 0 Å². The van der Waals surface area contributed by atoms with E-state index in [-0.39, 0.29) is 5.75 Å². The number of halogens is 2. The summed E-state index contributed by atoms with van der Waals surface area (Å²) in [7, 11) is 0. The van der Waals surface area contributed by atoms with Crippen molar-refractivity contribution in [1.82, 2.24) is 5.43 Å². The normalized spacial score (nSPS) is 10.6. The third kappa shape index (κ3) is 5.57. The van der Waals surface area contributed by atoms with Crippen LogP contribution < -0.4 is 15.5 Å². The fourth-order valence-corrected chi connectivity index (χ4v) is 3.14. The van der Waals surface area contributed by atoms with E-state index in [4.69, 9.17) is 4.74 Å². The first-order chi connectivity index (χ1) is 12.4. The van der Waals surface area contributed by atoms with E-state index in [9.17, 15) is 14.7 Å². The highest BCUT2D eigenvalue weighted by Gasteiger charge is 2.13. The molecular formula is C17H15Br2N3O4. The van der Waals surface area contributed by atoms with Gasteiger partial charge in [-0.25, -0.2) is 5.43 Å². The predicted molar refractivity (Wildman–Crippen MR) is 105 cm³/mol. The molecule has 2 rings (SSSR count). The van der Waals surface area contributed by atoms with Crippen LogP contribution in [-0.4, -0.2) is 29.7 Å². The Morgan fingerprint density at radius 2 is 1.88 bits per heavy atom. The highest BCUT2D eigenvalue weighted by molar-refractivity contribution is 9.11. The number of benzene rings is 2. The third-order valence-electron chi connectivity index (χ3n) is 3.06. The maximum absolute atomic E-state index is 11.8. The number of rotatable bonds is 5. The molecule has 0 saturated carbocycles. The average Bonchev–Trinajstić information content (AvgIpc) is 2.60. The molecular weight excluding hydrogens is 470 g/mol. The van der Waals surface area contributed by atoms with Gasteiger partial charge in [-0.15, -0.1) is 0 Å². The first kappa shape index (κ1) is 19.9. The number of phenolic OH excluding ortho intramolecular Hbond substituents is 1. The van der Waals surface area contributed by atoms with Crippen molar-refractivity contribution in [2.24, 2.45) is 5.10 Å². The number of hydrogen-bond acceptors (Lipinski definition) is 5. The number of phenols is 1. The zero-order chi connectivity index (χ0) is 19.1. The minimum Gasteiger partial charge on any atom is -0.506 e. The van der Waals surface area contributed by atoms with Crippen LogP contribution in [0.1, 0.15) is 12.5 Å². The summed E-state index contributed by atoms with van der Waals surface area (Å²) >= 11 is 6.47. The molecule has 0 saturated heterocycles. The van der Waals surface area contributed by atoms with E-state index in [1.165, 1.54) is 6.21 Å². The quantitative estimate of drug-likeness (QED) is 0.344. The summed E-state index contributed by atoms with van der Waals surface area (Å²) in [5.41, 5.74) is 2.91. The number of aromatic hydroxyl groups is 1. The van der Waals surface area contributed by atoms with Gasteiger partial charge in [-0.1, -0.05) is 15.9 Å². The molecule has 0 heterocycles. The lowest BCUT2D eigenvalue weighted by Crippen LogP contribution is -2.32. The molecule has 0 aliphatic rings. The summed E-state index contributed by atoms with van der Waals surface area (Å²) in [4.78, 5) is 23.6. The van der Waals surface area contributed by atoms with Gasteiger partial charge in [0.15, 0.2) is 0 Å². The van der Waals surface area contributed by atoms with Gasteiger partial charge in [0.05, 0.1) is 17.3 Å². The van der Waals surface area contributed by atoms with Gasteiger partial charge in [0.1, 0.15) is 11.5 Å². The first-order valence-corrected chi connectivity index (χ1v) is 9.04. The molecule has 26 heavy (non-hydrogen) atoms. The van der Waals surface area contributed by atoms with Crippen LogP contribution in [0, 0.1) is 0 Å². The van der Waals surface area contributed by atoms with Crippen LogP contribution in [0.4, 0.5) is 5.69 Å². The first-order valence-electron chi connectivity index (χ1n) is 7.46. The highest BCUT2D eigenvalue weighted by atomic mass is 79.9. The standard InChI is InChI=1S/C17H15Br2N3O4/c1-2-26-13-5-3-12(4-6-13)21-16(24)17(25)22-20-9-10-7-11(18)8-14(19)15(10)23/h3-9,23H,2H2,1H3,(H,21,24)(H,22,25)/b20-9+. The van der Waals surface area contributed by atoms with E-state index < -0.39 is 11.8 Å². The molecule has 2 aromatic rings. The molecule has 0 aliphatic heterocycles. The van der Waals surface area contributed by atoms with E-state index in [0.717, 1.165) is 0 Å². The maximum Gasteiger partial charge on any atom is 0.329 e. The lowest BCUT2D eigenvalue weighted by molar-refractivity contribution is -0.136. The fraction of sp³-hybridized carbons (Fsp3) is 0.118. The molecule has 0 radical (unpaired) electrons. The molecule has 2 aromatic carbocycles. The molecule has 0 unspecified atom stereocenters. The fourth-order valence-electron chi connectivity index (χ4n) is 1.88. The summed E-state index contributed by atoms with van der Waals surface area (Å²) in [5.74, 6) is -1.18. The third-order valence-corrected chi connectivity index (χ3v) is 4.12. The van der Waals surface area contributed by atoms with Crippen molar-refractivity contribution in [3.63, 3.8) is 0 Å². The smallest absolute Gasteiger partial charge is 0.329 e. The van der Waals surface area contributed by atoms with E-state index >= 15 is 0 Å². The zero-order valence-corrected chi connectivity index (χ0v) is 16.8. The minimum atomic E-state index is -0.941. The maximum atomic E-state index is 11.8. The highest BCUT2D eigenvalue weighted by Crippen LogP contribution is 2.30. The number of hydrazone groups is 1. The van der Waals surface area contributed by atoms with Gasteiger partial charge < -0.3 is 15.2 Å². The number of nitrogens with zero attached hydrogens (tertiary/aromatic N) is 1. The van der Waals surface area contributed by atoms with Crippen LogP contribution in [0.25, 0.3) is 0 Å². The Morgan fingerprint density at radius 3 is 2.54 bits per heavy atom. The van der Waals surface area contributed by atoms with Crippen LogP contribution in [0.5, 0.6) is 11.5 Å². The largest absolute Gasteiger partial charge is 0.506 e. The topological polar surface area (TPSA) is 100 Å². The number of amides is 2. The van der Waals surface area contributed by atoms with Crippen molar-refractivity contribution in [1.29, 1.82) is 0 Å². The second kappa shape index (κ2) is 9.35. The molecule has 0 fully saturated rings. The van der Waals surface area contributed by atoms with Crippen molar-refractivity contribution in [2.75, 3.05) is 11.9 Å². The molecule has 2 amide bonds. The summed E-state index contributed by atoms with van der Waals surface area (Å²) in [6, 6.07) is 9.88. The van der Waals surface area contributed by atoms with E-state index in [1.807, 2.05) is 6.92 Å². The van der Waals surface area contributed by atoms with Crippen LogP contribution in [0.3, 0.4) is 0 Å². The molecule has 136 valence electrons. The number of hydrogen-bond donors (Lipinski definition) is 3. The molecule has 9 heteroatoms. The molecule has 0 aliphatic carbocycles. The SMILES string of the molecule is CCOc1ccc(NC(=O)C(=O)N/N=C/c2cc(Br)cc(Br)c2O)cc1. The van der Waals surface area contributed by atoms with Crippen LogP contribution >= 0.6 is 31.9 Å². The number of carbonyl (C=O) groups is 2. The second-order valence-corrected chi connectivity index (χ2v) is 6.71. The summed E-state index contributed by atoms with van der Waals surface area (Å²) in [6.07, 6.45) is 1.23. The van der Waals surface area contributed by atoms with Crippen molar-refractivity contribution in [3.05, 3.63) is 50.9 Å². The Balaban J connectivity index is 1.94. The molecule has 3 N–H and O–H groups in total. The van der Waals surface area contributed by atoms with Gasteiger partial charge in [-0.05, 0) is 59.3 Å². The molecule has 0 bridgehead atoms. The molecule has 7 nitrogen and oxygen atoms in total. The average molecular weight is 485 g/mol. The lowest BCUT2D eigenvalue weighted by atomic mass is 10.2. The van der Waals surface area contributed by atoms with Crippen molar-refractivity contribution in [3.8, 4) is 11.5 Å². The zero-order valence-electron chi connectivity index (χ0n) is 13.6. The van der Waals surface area contributed by atoms with Crippen LogP contribution in [0.2, 0.25) is 0 Å². The monoisotopic (exact) mass is 483 g/mol. The van der Waals surface area contributed by atoms with E-state index in [1.54, 1.807) is 36.4 Å². The van der Waals surface area contributed by atoms with E-state index in [0.29, 0.717) is 32.6 Å². The molecule has 0 atom stereocenters. The molecule has 0 spiro atoms. The van der Waals surface area contributed by atoms with Crippen LogP contribution in [0.15, 0.2) is 50.4 Å². The summed E-state index contributed by atoms with van der Waals surface area (Å²) in [5, 5.41) is 16.0. The van der Waals surface area contributed by atoms with Gasteiger partial charge in [0, 0.05) is 15.7 Å². The Kier molecular flexibility index (Phi) is 7.16. The van der Waals surface area contributed by atoms with Crippen molar-refractivity contribution < 1.29 is 19.4 Å². The summed E-state index contributed by atoms with van der Waals surface area (Å²) in [6.45, 7) is 2.41. The Morgan fingerprint density at radius 1 is 1.19 bits per heavy atom. The Labute approximate surface area is 166 Å². The Bertz CT molecular complexity index is 839.